The van der Waals surface area contributed by atoms with Gasteiger partial charge in [-0.2, -0.15) is 10.4 Å². The molecule has 0 aliphatic carbocycles. The predicted molar refractivity (Wildman–Crippen MR) is 91.4 cm³/mol. The molecule has 0 saturated carbocycles. The summed E-state index contributed by atoms with van der Waals surface area (Å²) in [6, 6.07) is 5.63. The van der Waals surface area contributed by atoms with Crippen molar-refractivity contribution in [2.24, 2.45) is 0 Å². The second-order valence-electron chi connectivity index (χ2n) is 6.22. The number of nitrogen functional groups attached to an aromatic ring is 1. The van der Waals surface area contributed by atoms with E-state index in [4.69, 9.17) is 19.9 Å². The Morgan fingerprint density at radius 1 is 1.08 bits per heavy atom. The van der Waals surface area contributed by atoms with Crippen molar-refractivity contribution in [3.05, 3.63) is 17.7 Å². The third-order valence-electron chi connectivity index (χ3n) is 3.61. The Kier molecular flexibility index (Phi) is 4.60. The first-order valence-electron chi connectivity index (χ1n) is 7.37. The summed E-state index contributed by atoms with van der Waals surface area (Å²) in [5, 5.41) is 14.1. The minimum absolute atomic E-state index is 0.319. The molecule has 0 bridgehead atoms. The minimum atomic E-state index is -0.353. The number of hydrogen-bond donors (Lipinski definition) is 1. The maximum absolute atomic E-state index is 9.52. The summed E-state index contributed by atoms with van der Waals surface area (Å²) in [4.78, 5) is 0. The van der Waals surface area contributed by atoms with Crippen LogP contribution in [-0.4, -0.2) is 31.1 Å². The topological polar surface area (TPSA) is 95.3 Å². The van der Waals surface area contributed by atoms with Gasteiger partial charge in [-0.1, -0.05) is 0 Å². The number of nitrogens with two attached hydrogens (primary N) is 1. The van der Waals surface area contributed by atoms with Crippen LogP contribution in [0, 0.1) is 11.3 Å². The van der Waals surface area contributed by atoms with Gasteiger partial charge in [0.2, 0.25) is 5.75 Å². The SMILES string of the molecule is COc1cc(-c2nn(C(C)(C)C)c(N)c2C#N)cc(OC)c1OC. The fourth-order valence-electron chi connectivity index (χ4n) is 2.47. The summed E-state index contributed by atoms with van der Waals surface area (Å²) in [5.41, 5.74) is 7.23. The quantitative estimate of drug-likeness (QED) is 0.926. The molecular formula is C17H22N4O3. The first-order valence-corrected chi connectivity index (χ1v) is 7.37. The zero-order valence-corrected chi connectivity index (χ0v) is 14.8. The third kappa shape index (κ3) is 2.83. The third-order valence-corrected chi connectivity index (χ3v) is 3.61. The molecule has 0 unspecified atom stereocenters. The van der Waals surface area contributed by atoms with Crippen LogP contribution in [0.3, 0.4) is 0 Å². The second-order valence-corrected chi connectivity index (χ2v) is 6.22. The van der Waals surface area contributed by atoms with Gasteiger partial charge in [0, 0.05) is 5.56 Å². The molecule has 0 fully saturated rings. The highest BCUT2D eigenvalue weighted by Crippen LogP contribution is 2.42. The van der Waals surface area contributed by atoms with Gasteiger partial charge >= 0.3 is 0 Å². The van der Waals surface area contributed by atoms with E-state index in [1.807, 2.05) is 20.8 Å². The summed E-state index contributed by atoms with van der Waals surface area (Å²) in [7, 11) is 4.61. The molecule has 0 aliphatic rings. The zero-order chi connectivity index (χ0) is 18.1. The average molecular weight is 330 g/mol. The average Bonchev–Trinajstić information content (AvgIpc) is 2.89. The van der Waals surface area contributed by atoms with E-state index in [9.17, 15) is 5.26 Å². The molecule has 0 amide bonds. The summed E-state index contributed by atoms with van der Waals surface area (Å²) >= 11 is 0. The van der Waals surface area contributed by atoms with Crippen molar-refractivity contribution in [2.75, 3.05) is 27.1 Å². The fourth-order valence-corrected chi connectivity index (χ4v) is 2.47. The van der Waals surface area contributed by atoms with Crippen LogP contribution in [0.25, 0.3) is 11.3 Å². The molecule has 2 rings (SSSR count). The molecule has 1 aromatic heterocycles. The summed E-state index contributed by atoms with van der Waals surface area (Å²) in [5.74, 6) is 1.78. The van der Waals surface area contributed by atoms with Gasteiger partial charge in [0.1, 0.15) is 23.1 Å². The van der Waals surface area contributed by atoms with Crippen molar-refractivity contribution in [3.8, 4) is 34.6 Å². The molecule has 0 aliphatic heterocycles. The summed E-state index contributed by atoms with van der Waals surface area (Å²) < 4.78 is 17.7. The van der Waals surface area contributed by atoms with Gasteiger partial charge in [-0.25, -0.2) is 4.68 Å². The molecule has 128 valence electrons. The van der Waals surface area contributed by atoms with Crippen LogP contribution in [0.2, 0.25) is 0 Å². The summed E-state index contributed by atoms with van der Waals surface area (Å²) in [6.07, 6.45) is 0. The lowest BCUT2D eigenvalue weighted by molar-refractivity contribution is 0.324. The summed E-state index contributed by atoms with van der Waals surface area (Å²) in [6.45, 7) is 5.91. The van der Waals surface area contributed by atoms with Gasteiger partial charge < -0.3 is 19.9 Å². The first kappa shape index (κ1) is 17.5. The van der Waals surface area contributed by atoms with E-state index in [-0.39, 0.29) is 5.54 Å². The van der Waals surface area contributed by atoms with Crippen molar-refractivity contribution in [1.29, 1.82) is 5.26 Å². The van der Waals surface area contributed by atoms with Gasteiger partial charge in [-0.05, 0) is 32.9 Å². The highest BCUT2D eigenvalue weighted by atomic mass is 16.5. The lowest BCUT2D eigenvalue weighted by atomic mass is 10.1. The van der Waals surface area contributed by atoms with Crippen molar-refractivity contribution >= 4 is 5.82 Å². The molecule has 2 N–H and O–H groups in total. The Bertz CT molecular complexity index is 772. The van der Waals surface area contributed by atoms with Crippen LogP contribution < -0.4 is 19.9 Å². The van der Waals surface area contributed by atoms with Crippen LogP contribution >= 0.6 is 0 Å². The van der Waals surface area contributed by atoms with E-state index in [1.54, 1.807) is 16.8 Å². The number of anilines is 1. The molecule has 0 atom stereocenters. The van der Waals surface area contributed by atoms with Gasteiger partial charge in [0.05, 0.1) is 26.9 Å². The number of methoxy groups -OCH3 is 3. The van der Waals surface area contributed by atoms with E-state index in [0.29, 0.717) is 39.9 Å². The molecule has 7 nitrogen and oxygen atoms in total. The van der Waals surface area contributed by atoms with E-state index >= 15 is 0 Å². The Balaban J connectivity index is 2.75. The van der Waals surface area contributed by atoms with Crippen LogP contribution in [0.5, 0.6) is 17.2 Å². The van der Waals surface area contributed by atoms with Crippen LogP contribution in [0.1, 0.15) is 26.3 Å². The van der Waals surface area contributed by atoms with Crippen molar-refractivity contribution in [2.45, 2.75) is 26.3 Å². The van der Waals surface area contributed by atoms with Crippen molar-refractivity contribution in [3.63, 3.8) is 0 Å². The van der Waals surface area contributed by atoms with E-state index in [0.717, 1.165) is 0 Å². The Hall–Kier alpha value is -2.88. The highest BCUT2D eigenvalue weighted by molar-refractivity contribution is 5.76. The largest absolute Gasteiger partial charge is 0.493 e. The smallest absolute Gasteiger partial charge is 0.203 e. The molecule has 0 saturated heterocycles. The van der Waals surface area contributed by atoms with Crippen LogP contribution in [0.4, 0.5) is 5.82 Å². The minimum Gasteiger partial charge on any atom is -0.493 e. The van der Waals surface area contributed by atoms with Crippen LogP contribution in [0.15, 0.2) is 12.1 Å². The first-order chi connectivity index (χ1) is 11.3. The molecule has 0 spiro atoms. The van der Waals surface area contributed by atoms with Gasteiger partial charge in [-0.15, -0.1) is 0 Å². The number of hydrogen-bond acceptors (Lipinski definition) is 6. The standard InChI is InChI=1S/C17H22N4O3/c1-17(2,3)21-16(19)11(9-18)14(20-21)10-7-12(22-4)15(24-6)13(8-10)23-5/h7-8H,19H2,1-6H3. The monoisotopic (exact) mass is 330 g/mol. The molecule has 24 heavy (non-hydrogen) atoms. The fraction of sp³-hybridized carbons (Fsp3) is 0.412. The van der Waals surface area contributed by atoms with Gasteiger partial charge in [-0.3, -0.25) is 0 Å². The Morgan fingerprint density at radius 3 is 2.00 bits per heavy atom. The molecule has 7 heteroatoms. The number of benzene rings is 1. The Morgan fingerprint density at radius 2 is 1.62 bits per heavy atom. The second kappa shape index (κ2) is 6.32. The van der Waals surface area contributed by atoms with Crippen molar-refractivity contribution in [1.82, 2.24) is 9.78 Å². The molecule has 1 aromatic carbocycles. The van der Waals surface area contributed by atoms with Crippen molar-refractivity contribution < 1.29 is 14.2 Å². The normalized spacial score (nSPS) is 11.0. The number of nitriles is 1. The maximum atomic E-state index is 9.52. The number of aromatic nitrogens is 2. The number of ether oxygens (including phenoxy) is 3. The molecule has 1 heterocycles. The van der Waals surface area contributed by atoms with Crippen LogP contribution in [-0.2, 0) is 5.54 Å². The lowest BCUT2D eigenvalue weighted by Crippen LogP contribution is -2.24. The number of rotatable bonds is 4. The molecular weight excluding hydrogens is 308 g/mol. The molecule has 0 radical (unpaired) electrons. The zero-order valence-electron chi connectivity index (χ0n) is 14.8. The predicted octanol–water partition coefficient (Wildman–Crippen LogP) is 2.78. The lowest BCUT2D eigenvalue weighted by Gasteiger charge is -2.20. The van der Waals surface area contributed by atoms with E-state index < -0.39 is 0 Å². The Labute approximate surface area is 141 Å². The van der Waals surface area contributed by atoms with E-state index in [2.05, 4.69) is 11.2 Å². The maximum Gasteiger partial charge on any atom is 0.203 e. The van der Waals surface area contributed by atoms with E-state index in [1.165, 1.54) is 21.3 Å². The highest BCUT2D eigenvalue weighted by Gasteiger charge is 2.25. The number of nitrogens with zero attached hydrogens (tertiary/aromatic N) is 3. The molecule has 2 aromatic rings. The van der Waals surface area contributed by atoms with Gasteiger partial charge in [0.15, 0.2) is 11.5 Å². The van der Waals surface area contributed by atoms with Gasteiger partial charge in [0.25, 0.3) is 0 Å².